The van der Waals surface area contributed by atoms with Crippen LogP contribution in [0.5, 0.6) is 0 Å². The number of anilines is 1. The molecule has 0 unspecified atom stereocenters. The normalized spacial score (nSPS) is 7.65. The van der Waals surface area contributed by atoms with Gasteiger partial charge in [0.15, 0.2) is 0 Å². The molecule has 1 radical (unpaired) electrons. The number of hydrogen-bond donors (Lipinski definition) is 1. The molecule has 0 fully saturated rings. The molecule has 0 aliphatic carbocycles. The van der Waals surface area contributed by atoms with Crippen LogP contribution in [0, 0.1) is 45.9 Å². The van der Waals surface area contributed by atoms with Crippen molar-refractivity contribution in [2.75, 3.05) is 5.73 Å². The van der Waals surface area contributed by atoms with Gasteiger partial charge >= 0.3 is 0 Å². The standard InChI is InChI=1S/2C7H7NO2.C7H9N.3C2H6.CH2I.V/c2*1-6-2-4-7(5-3-6)8(9)10;1-6-2-4-7(8)5-3-6;4*1-2;/h2*2-5H,1H3;2-5H,8H2,1H3;3*1-2H3;1H2;/q;;;;;;-1;. The number of nitrogen functional groups attached to an aromatic ring is 1. The summed E-state index contributed by atoms with van der Waals surface area (Å²) >= 11 is 1.90. The minimum atomic E-state index is -0.403. The first-order valence-electron chi connectivity index (χ1n) is 11.7. The monoisotopic (exact) mass is 663 g/mol. The fraction of sp³-hybridized carbons (Fsp3) is 0.321. The summed E-state index contributed by atoms with van der Waals surface area (Å²) in [5.41, 5.74) is 9.86. The average molecular weight is 664 g/mol. The number of hydrogen-bond acceptors (Lipinski definition) is 5. The zero-order valence-corrected chi connectivity index (χ0v) is 27.1. The second-order valence-corrected chi connectivity index (χ2v) is 6.10. The van der Waals surface area contributed by atoms with Crippen LogP contribution in [0.15, 0.2) is 72.8 Å². The Hall–Kier alpha value is -2.43. The molecule has 3 aromatic rings. The number of rotatable bonds is 2. The van der Waals surface area contributed by atoms with Gasteiger partial charge in [0.2, 0.25) is 0 Å². The quantitative estimate of drug-likeness (QED) is 0.0965. The van der Waals surface area contributed by atoms with E-state index >= 15 is 0 Å². The Morgan fingerprint density at radius 3 is 0.919 bits per heavy atom. The summed E-state index contributed by atoms with van der Waals surface area (Å²) < 4.78 is 0. The fourth-order valence-electron chi connectivity index (χ4n) is 1.90. The first kappa shape index (κ1) is 44.6. The van der Waals surface area contributed by atoms with Crippen molar-refractivity contribution < 1.29 is 28.4 Å². The van der Waals surface area contributed by atoms with Crippen molar-refractivity contribution in [1.29, 1.82) is 0 Å². The number of nitrogens with zero attached hydrogens (tertiary/aromatic N) is 2. The van der Waals surface area contributed by atoms with Crippen molar-refractivity contribution in [3.05, 3.63) is 115 Å². The molecule has 2 N–H and O–H groups in total. The van der Waals surface area contributed by atoms with Crippen LogP contribution in [0.3, 0.4) is 0 Å². The third kappa shape index (κ3) is 26.4. The van der Waals surface area contributed by atoms with Gasteiger partial charge in [0, 0.05) is 48.5 Å². The van der Waals surface area contributed by atoms with Crippen LogP contribution < -0.4 is 5.73 Å². The first-order chi connectivity index (χ1) is 17.2. The Kier molecular flexibility index (Phi) is 38.1. The molecule has 0 saturated heterocycles. The number of non-ortho nitro benzene ring substituents is 2. The average Bonchev–Trinajstić information content (AvgIpc) is 2.92. The summed E-state index contributed by atoms with van der Waals surface area (Å²) in [4.78, 5) is 22.6. The Labute approximate surface area is 249 Å². The second-order valence-electron chi connectivity index (χ2n) is 6.10. The molecule has 0 aromatic heterocycles. The minimum absolute atomic E-state index is 0. The van der Waals surface area contributed by atoms with E-state index in [0.717, 1.165) is 16.8 Å². The Bertz CT molecular complexity index is 830. The molecule has 0 amide bonds. The molecule has 3 aromatic carbocycles. The number of nitrogens with two attached hydrogens (primary N) is 1. The number of halogens is 1. The summed E-state index contributed by atoms with van der Waals surface area (Å²) in [6.07, 6.45) is 0. The zero-order chi connectivity index (χ0) is 29.1. The van der Waals surface area contributed by atoms with Crippen molar-refractivity contribution in [2.45, 2.75) is 62.3 Å². The van der Waals surface area contributed by atoms with Gasteiger partial charge in [0.05, 0.1) is 9.85 Å². The molecule has 37 heavy (non-hydrogen) atoms. The number of nitro benzene ring substituents is 2. The molecule has 0 aliphatic rings. The van der Waals surface area contributed by atoms with Gasteiger partial charge in [-0.25, -0.2) is 0 Å². The topological polar surface area (TPSA) is 112 Å². The van der Waals surface area contributed by atoms with E-state index in [1.807, 2.05) is 109 Å². The van der Waals surface area contributed by atoms with E-state index in [4.69, 9.17) is 5.73 Å². The molecule has 0 spiro atoms. The molecular weight excluding hydrogens is 620 g/mol. The molecule has 0 saturated carbocycles. The smallest absolute Gasteiger partial charge is 0.269 e. The van der Waals surface area contributed by atoms with E-state index in [1.165, 1.54) is 29.8 Å². The van der Waals surface area contributed by atoms with Gasteiger partial charge in [-0.15, -0.1) is 0 Å². The molecule has 9 heteroatoms. The summed E-state index contributed by atoms with van der Waals surface area (Å²) in [7, 11) is 0. The van der Waals surface area contributed by atoms with E-state index in [1.54, 1.807) is 24.3 Å². The third-order valence-corrected chi connectivity index (χ3v) is 3.57. The second kappa shape index (κ2) is 31.6. The molecule has 0 bridgehead atoms. The van der Waals surface area contributed by atoms with Gasteiger partial charge in [-0.3, -0.25) is 25.2 Å². The van der Waals surface area contributed by atoms with Gasteiger partial charge < -0.3 is 28.3 Å². The largest absolute Gasteiger partial charge is 0.399 e. The number of benzene rings is 3. The number of aryl methyl sites for hydroxylation is 3. The molecular formula is C28H43IN3O4V-. The molecule has 207 valence electrons. The van der Waals surface area contributed by atoms with Gasteiger partial charge in [0.1, 0.15) is 0 Å². The summed E-state index contributed by atoms with van der Waals surface area (Å²) in [6.45, 7) is 17.8. The zero-order valence-electron chi connectivity index (χ0n) is 23.6. The molecule has 0 aliphatic heterocycles. The third-order valence-electron chi connectivity index (χ3n) is 3.57. The van der Waals surface area contributed by atoms with E-state index in [-0.39, 0.29) is 29.9 Å². The fourth-order valence-corrected chi connectivity index (χ4v) is 1.90. The maximum atomic E-state index is 10.1. The SMILES string of the molecule is CC.CC.CC.Cc1ccc(N)cc1.Cc1ccc([N+](=O)[O-])cc1.Cc1ccc([N+](=O)[O-])cc1.[CH2-]I.[V]. The Balaban J connectivity index is -0.000000121. The van der Waals surface area contributed by atoms with Crippen molar-refractivity contribution in [3.63, 3.8) is 0 Å². The van der Waals surface area contributed by atoms with Crippen molar-refractivity contribution in [2.24, 2.45) is 0 Å². The van der Waals surface area contributed by atoms with Crippen molar-refractivity contribution in [3.8, 4) is 0 Å². The maximum absolute atomic E-state index is 10.1. The van der Waals surface area contributed by atoms with E-state index < -0.39 is 9.85 Å². The first-order valence-corrected chi connectivity index (χ1v) is 13.2. The predicted octanol–water partition coefficient (Wildman–Crippen LogP) is 9.67. The Morgan fingerprint density at radius 1 is 0.568 bits per heavy atom. The van der Waals surface area contributed by atoms with Crippen molar-refractivity contribution >= 4 is 39.7 Å². The molecule has 3 rings (SSSR count). The van der Waals surface area contributed by atoms with Crippen LogP contribution >= 0.6 is 22.6 Å². The van der Waals surface area contributed by atoms with Gasteiger partial charge in [-0.1, -0.05) is 94.6 Å². The summed E-state index contributed by atoms with van der Waals surface area (Å²) in [5.74, 6) is 0. The van der Waals surface area contributed by atoms with Gasteiger partial charge in [0.25, 0.3) is 11.4 Å². The predicted molar refractivity (Wildman–Crippen MR) is 165 cm³/mol. The molecule has 0 atom stereocenters. The van der Waals surface area contributed by atoms with Crippen LogP contribution in [0.25, 0.3) is 0 Å². The van der Waals surface area contributed by atoms with Crippen LogP contribution in [0.1, 0.15) is 58.2 Å². The number of nitro groups is 2. The molecule has 7 nitrogen and oxygen atoms in total. The van der Waals surface area contributed by atoms with Crippen LogP contribution in [-0.4, -0.2) is 9.85 Å². The van der Waals surface area contributed by atoms with Crippen molar-refractivity contribution in [1.82, 2.24) is 0 Å². The summed E-state index contributed by atoms with van der Waals surface area (Å²) in [5, 5.41) is 20.2. The van der Waals surface area contributed by atoms with Gasteiger partial charge in [-0.05, 0) is 32.9 Å². The minimum Gasteiger partial charge on any atom is -0.399 e. The summed E-state index contributed by atoms with van der Waals surface area (Å²) in [6, 6.07) is 20.6. The van der Waals surface area contributed by atoms with Gasteiger partial charge in [-0.2, -0.15) is 0 Å². The Morgan fingerprint density at radius 2 is 0.757 bits per heavy atom. The van der Waals surface area contributed by atoms with E-state index in [9.17, 15) is 20.2 Å². The van der Waals surface area contributed by atoms with E-state index in [0.29, 0.717) is 0 Å². The van der Waals surface area contributed by atoms with E-state index in [2.05, 4.69) is 4.93 Å². The molecule has 0 heterocycles. The van der Waals surface area contributed by atoms with Crippen LogP contribution in [-0.2, 0) is 18.6 Å². The maximum Gasteiger partial charge on any atom is 0.269 e. The van der Waals surface area contributed by atoms with Crippen LogP contribution in [0.4, 0.5) is 17.1 Å². The van der Waals surface area contributed by atoms with Crippen LogP contribution in [0.2, 0.25) is 0 Å².